The third-order valence-electron chi connectivity index (χ3n) is 7.43. The van der Waals surface area contributed by atoms with Crippen molar-refractivity contribution in [3.63, 3.8) is 0 Å². The molecule has 3 N–H and O–H groups in total. The van der Waals surface area contributed by atoms with Gasteiger partial charge in [0.25, 0.3) is 11.8 Å². The average Bonchev–Trinajstić information content (AvgIpc) is 3.42. The van der Waals surface area contributed by atoms with Crippen LogP contribution in [0.25, 0.3) is 11.6 Å². The molecule has 5 rings (SSSR count). The van der Waals surface area contributed by atoms with Crippen LogP contribution in [0.5, 0.6) is 0 Å². The fourth-order valence-electron chi connectivity index (χ4n) is 5.26. The van der Waals surface area contributed by atoms with E-state index in [1.807, 2.05) is 0 Å². The van der Waals surface area contributed by atoms with Gasteiger partial charge in [0.1, 0.15) is 11.9 Å². The normalized spacial score (nSPS) is 18.9. The topological polar surface area (TPSA) is 133 Å². The van der Waals surface area contributed by atoms with Gasteiger partial charge < -0.3 is 34.9 Å². The summed E-state index contributed by atoms with van der Waals surface area (Å²) in [4.78, 5) is 59.0. The summed E-state index contributed by atoms with van der Waals surface area (Å²) in [7, 11) is 0. The Labute approximate surface area is 230 Å². The second kappa shape index (κ2) is 11.6. The highest BCUT2D eigenvalue weighted by Gasteiger charge is 2.33. The first-order valence-corrected chi connectivity index (χ1v) is 13.3. The molecule has 40 heavy (non-hydrogen) atoms. The lowest BCUT2D eigenvalue weighted by molar-refractivity contribution is -0.143. The first-order valence-electron chi connectivity index (χ1n) is 13.3. The number of aromatic nitrogens is 1. The summed E-state index contributed by atoms with van der Waals surface area (Å²) >= 11 is 0. The van der Waals surface area contributed by atoms with Crippen LogP contribution in [0, 0.1) is 19.7 Å². The fraction of sp³-hybridized carbons (Fsp3) is 0.429. The van der Waals surface area contributed by atoms with E-state index in [0.717, 1.165) is 0 Å². The Morgan fingerprint density at radius 2 is 1.70 bits per heavy atom. The van der Waals surface area contributed by atoms with Crippen LogP contribution in [0.4, 0.5) is 10.1 Å². The van der Waals surface area contributed by atoms with Gasteiger partial charge in [-0.3, -0.25) is 19.2 Å². The Balaban J connectivity index is 1.39. The molecule has 212 valence electrons. The smallest absolute Gasteiger partial charge is 0.256 e. The summed E-state index contributed by atoms with van der Waals surface area (Å²) in [6.45, 7) is 6.68. The van der Waals surface area contributed by atoms with Crippen LogP contribution in [0.15, 0.2) is 18.2 Å². The minimum Gasteiger partial charge on any atom is -0.378 e. The van der Waals surface area contributed by atoms with Gasteiger partial charge in [0.2, 0.25) is 11.8 Å². The van der Waals surface area contributed by atoms with Gasteiger partial charge in [0.15, 0.2) is 0 Å². The fourth-order valence-corrected chi connectivity index (χ4v) is 5.26. The number of aromatic amines is 1. The second-order valence-electron chi connectivity index (χ2n) is 10.0. The highest BCUT2D eigenvalue weighted by atomic mass is 19.1. The number of benzene rings is 1. The molecule has 4 amide bonds. The molecule has 1 atom stereocenters. The highest BCUT2D eigenvalue weighted by Crippen LogP contribution is 2.34. The van der Waals surface area contributed by atoms with Gasteiger partial charge in [-0.2, -0.15) is 0 Å². The van der Waals surface area contributed by atoms with Gasteiger partial charge in [-0.1, -0.05) is 0 Å². The van der Waals surface area contributed by atoms with Crippen molar-refractivity contribution in [1.82, 2.24) is 20.1 Å². The number of morpholine rings is 2. The van der Waals surface area contributed by atoms with Crippen LogP contribution < -0.4 is 10.6 Å². The number of H-pyrrole nitrogens is 1. The summed E-state index contributed by atoms with van der Waals surface area (Å²) in [6.07, 6.45) is 1.40. The Hall–Kier alpha value is -4.03. The standard InChI is InChI=1S/C28H32FN5O6/c1-16-22(14-20-19-13-18(29)3-4-21(19)31-26(20)36)30-17(2)25(16)27(37)32-23(28(38)34-7-11-40-12-8-34)15-24(35)33-5-9-39-10-6-33/h3-4,13-14,23,30H,5-12,15H2,1-2H3,(H,31,36)(H,32,37)/b20-14-/t23-/m0/s1. The quantitative estimate of drug-likeness (QED) is 0.464. The summed E-state index contributed by atoms with van der Waals surface area (Å²) in [6, 6.07) is 2.99. The molecular formula is C28H32FN5O6. The molecule has 1 aromatic carbocycles. The zero-order valence-electron chi connectivity index (χ0n) is 22.5. The number of carbonyl (C=O) groups excluding carboxylic acids is 4. The molecule has 4 heterocycles. The number of fused-ring (bicyclic) bond motifs is 1. The number of nitrogens with zero attached hydrogens (tertiary/aromatic N) is 2. The number of ether oxygens (including phenoxy) is 2. The summed E-state index contributed by atoms with van der Waals surface area (Å²) in [5.74, 6) is -1.94. The SMILES string of the molecule is Cc1[nH]c(/C=C2\C(=O)Nc3ccc(F)cc32)c(C)c1C(=O)N[C@@H](CC(=O)N1CCOCC1)C(=O)N1CCOCC1. The van der Waals surface area contributed by atoms with Crippen molar-refractivity contribution in [2.45, 2.75) is 26.3 Å². The van der Waals surface area contributed by atoms with E-state index in [1.165, 1.54) is 18.2 Å². The lowest BCUT2D eigenvalue weighted by Crippen LogP contribution is -2.54. The monoisotopic (exact) mass is 553 g/mol. The van der Waals surface area contributed by atoms with E-state index in [0.29, 0.717) is 86.4 Å². The molecule has 3 aliphatic rings. The predicted octanol–water partition coefficient (Wildman–Crippen LogP) is 1.47. The van der Waals surface area contributed by atoms with E-state index in [4.69, 9.17) is 9.47 Å². The third kappa shape index (κ3) is 5.63. The summed E-state index contributed by atoms with van der Waals surface area (Å²) in [5, 5.41) is 5.51. The van der Waals surface area contributed by atoms with Crippen molar-refractivity contribution in [2.75, 3.05) is 57.9 Å². The summed E-state index contributed by atoms with van der Waals surface area (Å²) in [5.41, 5.74) is 3.09. The average molecular weight is 554 g/mol. The highest BCUT2D eigenvalue weighted by molar-refractivity contribution is 6.35. The lowest BCUT2D eigenvalue weighted by atomic mass is 10.0. The number of hydrogen-bond donors (Lipinski definition) is 3. The molecule has 12 heteroatoms. The molecule has 11 nitrogen and oxygen atoms in total. The Kier molecular flexibility index (Phi) is 7.99. The van der Waals surface area contributed by atoms with Gasteiger partial charge in [0.05, 0.1) is 44.0 Å². The van der Waals surface area contributed by atoms with Crippen molar-refractivity contribution in [1.29, 1.82) is 0 Å². The van der Waals surface area contributed by atoms with Crippen LogP contribution in [-0.2, 0) is 23.9 Å². The minimum absolute atomic E-state index is 0.177. The van der Waals surface area contributed by atoms with Crippen LogP contribution in [-0.4, -0.2) is 97.1 Å². The zero-order valence-corrected chi connectivity index (χ0v) is 22.5. The maximum Gasteiger partial charge on any atom is 0.256 e. The number of amides is 4. The number of rotatable bonds is 6. The largest absolute Gasteiger partial charge is 0.378 e. The number of anilines is 1. The van der Waals surface area contributed by atoms with Crippen molar-refractivity contribution in [2.24, 2.45) is 0 Å². The Morgan fingerprint density at radius 3 is 2.38 bits per heavy atom. The minimum atomic E-state index is -1.06. The Bertz CT molecular complexity index is 1370. The molecular weight excluding hydrogens is 521 g/mol. The maximum absolute atomic E-state index is 13.9. The molecule has 1 aromatic heterocycles. The molecule has 3 aliphatic heterocycles. The van der Waals surface area contributed by atoms with Crippen LogP contribution in [0.1, 0.15) is 39.3 Å². The molecule has 2 fully saturated rings. The zero-order chi connectivity index (χ0) is 28.4. The van der Waals surface area contributed by atoms with E-state index in [-0.39, 0.29) is 29.7 Å². The number of nitrogens with one attached hydrogen (secondary N) is 3. The molecule has 2 aromatic rings. The molecule has 0 unspecified atom stereocenters. The number of hydrogen-bond acceptors (Lipinski definition) is 6. The molecule has 2 saturated heterocycles. The van der Waals surface area contributed by atoms with Crippen molar-refractivity contribution >= 4 is 41.0 Å². The van der Waals surface area contributed by atoms with Gasteiger partial charge in [0, 0.05) is 48.8 Å². The van der Waals surface area contributed by atoms with E-state index < -0.39 is 17.8 Å². The van der Waals surface area contributed by atoms with Gasteiger partial charge >= 0.3 is 0 Å². The van der Waals surface area contributed by atoms with Crippen molar-refractivity contribution < 1.29 is 33.0 Å². The number of halogens is 1. The third-order valence-corrected chi connectivity index (χ3v) is 7.43. The molecule has 0 aliphatic carbocycles. The number of aryl methyl sites for hydroxylation is 1. The molecule has 0 saturated carbocycles. The first kappa shape index (κ1) is 27.5. The molecule has 0 bridgehead atoms. The number of carbonyl (C=O) groups is 4. The van der Waals surface area contributed by atoms with Crippen LogP contribution >= 0.6 is 0 Å². The lowest BCUT2D eigenvalue weighted by Gasteiger charge is -2.32. The maximum atomic E-state index is 13.9. The van der Waals surface area contributed by atoms with Crippen LogP contribution in [0.2, 0.25) is 0 Å². The Morgan fingerprint density at radius 1 is 1.05 bits per heavy atom. The van der Waals surface area contributed by atoms with E-state index in [9.17, 15) is 23.6 Å². The summed E-state index contributed by atoms with van der Waals surface area (Å²) < 4.78 is 24.6. The van der Waals surface area contributed by atoms with E-state index >= 15 is 0 Å². The van der Waals surface area contributed by atoms with Gasteiger partial charge in [-0.05, 0) is 43.7 Å². The predicted molar refractivity (Wildman–Crippen MR) is 144 cm³/mol. The van der Waals surface area contributed by atoms with Crippen molar-refractivity contribution in [3.8, 4) is 0 Å². The van der Waals surface area contributed by atoms with Gasteiger partial charge in [-0.25, -0.2) is 4.39 Å². The van der Waals surface area contributed by atoms with Crippen LogP contribution in [0.3, 0.4) is 0 Å². The second-order valence-corrected chi connectivity index (χ2v) is 10.0. The molecule has 0 radical (unpaired) electrons. The molecule has 0 spiro atoms. The first-order chi connectivity index (χ1) is 19.2. The van der Waals surface area contributed by atoms with E-state index in [2.05, 4.69) is 15.6 Å². The van der Waals surface area contributed by atoms with Gasteiger partial charge in [-0.15, -0.1) is 0 Å². The van der Waals surface area contributed by atoms with Crippen molar-refractivity contribution in [3.05, 3.63) is 52.1 Å². The van der Waals surface area contributed by atoms with E-state index in [1.54, 1.807) is 29.7 Å².